The van der Waals surface area contributed by atoms with Crippen molar-refractivity contribution < 1.29 is 0 Å². The second-order valence-corrected chi connectivity index (χ2v) is 4.40. The van der Waals surface area contributed by atoms with E-state index in [-0.39, 0.29) is 5.92 Å². The van der Waals surface area contributed by atoms with Crippen molar-refractivity contribution in [2.24, 2.45) is 11.7 Å². The van der Waals surface area contributed by atoms with Gasteiger partial charge < -0.3 is 10.6 Å². The first kappa shape index (κ1) is 12.8. The Kier molecular flexibility index (Phi) is 4.61. The average molecular weight is 238 g/mol. The Morgan fingerprint density at radius 1 is 1.62 bits per heavy atom. The average Bonchev–Trinajstić information content (AvgIpc) is 2.25. The van der Waals surface area contributed by atoms with Gasteiger partial charge in [-0.05, 0) is 25.5 Å². The minimum absolute atomic E-state index is 0.178. The van der Waals surface area contributed by atoms with E-state index in [1.54, 1.807) is 6.20 Å². The molecule has 0 aromatic carbocycles. The molecular formula is C11H18N4S. The molecule has 0 fully saturated rings. The summed E-state index contributed by atoms with van der Waals surface area (Å²) < 4.78 is 0. The van der Waals surface area contributed by atoms with Crippen molar-refractivity contribution in [3.05, 3.63) is 17.8 Å². The molecule has 1 aromatic heterocycles. The van der Waals surface area contributed by atoms with Crippen LogP contribution < -0.4 is 10.6 Å². The molecule has 1 rings (SSSR count). The zero-order chi connectivity index (χ0) is 12.1. The number of hydrogen-bond donors (Lipinski definition) is 1. The summed E-state index contributed by atoms with van der Waals surface area (Å²) in [6.07, 6.45) is 1.74. The van der Waals surface area contributed by atoms with Gasteiger partial charge in [0.2, 0.25) is 0 Å². The predicted molar refractivity (Wildman–Crippen MR) is 70.6 cm³/mol. The molecular weight excluding hydrogens is 220 g/mol. The molecule has 0 aliphatic rings. The molecule has 0 amide bonds. The van der Waals surface area contributed by atoms with Crippen molar-refractivity contribution in [2.45, 2.75) is 20.8 Å². The Morgan fingerprint density at radius 3 is 2.81 bits per heavy atom. The number of rotatable bonds is 5. The maximum absolute atomic E-state index is 5.62. The first-order valence-electron chi connectivity index (χ1n) is 5.38. The Balaban J connectivity index is 2.78. The van der Waals surface area contributed by atoms with Gasteiger partial charge in [-0.25, -0.2) is 0 Å². The molecule has 0 aliphatic heterocycles. The third-order valence-electron chi connectivity index (χ3n) is 2.46. The quantitative estimate of drug-likeness (QED) is 0.788. The molecule has 0 bridgehead atoms. The SMILES string of the molecule is CCN(CC(C)C(N)=S)c1cc(C)cnn1. The highest BCUT2D eigenvalue weighted by Crippen LogP contribution is 2.12. The van der Waals surface area contributed by atoms with Crippen LogP contribution >= 0.6 is 12.2 Å². The summed E-state index contributed by atoms with van der Waals surface area (Å²) in [6.45, 7) is 7.75. The highest BCUT2D eigenvalue weighted by atomic mass is 32.1. The molecule has 0 aliphatic carbocycles. The van der Waals surface area contributed by atoms with Gasteiger partial charge in [0.1, 0.15) is 0 Å². The van der Waals surface area contributed by atoms with Crippen molar-refractivity contribution in [3.63, 3.8) is 0 Å². The fourth-order valence-electron chi connectivity index (χ4n) is 1.41. The molecule has 1 heterocycles. The smallest absolute Gasteiger partial charge is 0.151 e. The Bertz CT molecular complexity index is 367. The molecule has 1 aromatic rings. The van der Waals surface area contributed by atoms with Gasteiger partial charge in [0, 0.05) is 19.0 Å². The van der Waals surface area contributed by atoms with Gasteiger partial charge in [0.25, 0.3) is 0 Å². The summed E-state index contributed by atoms with van der Waals surface area (Å²) in [5.74, 6) is 1.06. The minimum Gasteiger partial charge on any atom is -0.393 e. The lowest BCUT2D eigenvalue weighted by Gasteiger charge is -2.24. The van der Waals surface area contributed by atoms with Gasteiger partial charge in [-0.1, -0.05) is 19.1 Å². The fraction of sp³-hybridized carbons (Fsp3) is 0.545. The van der Waals surface area contributed by atoms with E-state index in [2.05, 4.69) is 22.0 Å². The Hall–Kier alpha value is -1.23. The molecule has 4 nitrogen and oxygen atoms in total. The molecule has 1 atom stereocenters. The highest BCUT2D eigenvalue weighted by molar-refractivity contribution is 7.80. The van der Waals surface area contributed by atoms with Gasteiger partial charge in [0.15, 0.2) is 5.82 Å². The first-order chi connectivity index (χ1) is 7.54. The normalized spacial score (nSPS) is 12.2. The molecule has 0 saturated heterocycles. The summed E-state index contributed by atoms with van der Waals surface area (Å²) in [5, 5.41) is 8.06. The van der Waals surface area contributed by atoms with Crippen LogP contribution in [0.15, 0.2) is 12.3 Å². The number of thiocarbonyl (C=S) groups is 1. The van der Waals surface area contributed by atoms with Gasteiger partial charge >= 0.3 is 0 Å². The minimum atomic E-state index is 0.178. The van der Waals surface area contributed by atoms with E-state index < -0.39 is 0 Å². The van der Waals surface area contributed by atoms with E-state index in [0.717, 1.165) is 24.5 Å². The molecule has 5 heteroatoms. The third kappa shape index (κ3) is 3.41. The first-order valence-corrected chi connectivity index (χ1v) is 5.79. The van der Waals surface area contributed by atoms with Crippen LogP contribution in [0, 0.1) is 12.8 Å². The van der Waals surface area contributed by atoms with Crippen LogP contribution in [0.5, 0.6) is 0 Å². The van der Waals surface area contributed by atoms with Crippen LogP contribution in [-0.4, -0.2) is 28.3 Å². The van der Waals surface area contributed by atoms with Crippen LogP contribution in [0.3, 0.4) is 0 Å². The largest absolute Gasteiger partial charge is 0.393 e. The number of hydrogen-bond acceptors (Lipinski definition) is 4. The highest BCUT2D eigenvalue weighted by Gasteiger charge is 2.12. The molecule has 0 spiro atoms. The predicted octanol–water partition coefficient (Wildman–Crippen LogP) is 1.53. The van der Waals surface area contributed by atoms with Crippen LogP contribution in [0.4, 0.5) is 5.82 Å². The van der Waals surface area contributed by atoms with E-state index in [1.807, 2.05) is 19.9 Å². The van der Waals surface area contributed by atoms with Crippen LogP contribution in [-0.2, 0) is 0 Å². The van der Waals surface area contributed by atoms with E-state index in [4.69, 9.17) is 18.0 Å². The zero-order valence-corrected chi connectivity index (χ0v) is 10.8. The number of aromatic nitrogens is 2. The van der Waals surface area contributed by atoms with Crippen molar-refractivity contribution in [3.8, 4) is 0 Å². The van der Waals surface area contributed by atoms with Crippen molar-refractivity contribution in [1.82, 2.24) is 10.2 Å². The number of aryl methyl sites for hydroxylation is 1. The standard InChI is InChI=1S/C11H18N4S/c1-4-15(7-9(3)11(12)16)10-5-8(2)6-13-14-10/h5-6,9H,4,7H2,1-3H3,(H2,12,16). The van der Waals surface area contributed by atoms with Gasteiger partial charge in [0.05, 0.1) is 11.2 Å². The van der Waals surface area contributed by atoms with E-state index in [1.165, 1.54) is 0 Å². The lowest BCUT2D eigenvalue weighted by atomic mass is 10.1. The summed E-state index contributed by atoms with van der Waals surface area (Å²) in [4.78, 5) is 2.67. The lowest BCUT2D eigenvalue weighted by molar-refractivity contribution is 0.694. The molecule has 0 radical (unpaired) electrons. The molecule has 16 heavy (non-hydrogen) atoms. The van der Waals surface area contributed by atoms with Crippen molar-refractivity contribution >= 4 is 23.0 Å². The molecule has 2 N–H and O–H groups in total. The maximum atomic E-state index is 5.62. The van der Waals surface area contributed by atoms with Crippen LogP contribution in [0.25, 0.3) is 0 Å². The molecule has 1 unspecified atom stereocenters. The fourth-order valence-corrected chi connectivity index (χ4v) is 1.48. The summed E-state index contributed by atoms with van der Waals surface area (Å²) in [7, 11) is 0. The van der Waals surface area contributed by atoms with Gasteiger partial charge in [-0.2, -0.15) is 5.10 Å². The number of nitrogens with zero attached hydrogens (tertiary/aromatic N) is 3. The zero-order valence-electron chi connectivity index (χ0n) is 9.97. The van der Waals surface area contributed by atoms with Gasteiger partial charge in [-0.3, -0.25) is 0 Å². The monoisotopic (exact) mass is 238 g/mol. The topological polar surface area (TPSA) is 55.0 Å². The van der Waals surface area contributed by atoms with Crippen molar-refractivity contribution in [2.75, 3.05) is 18.0 Å². The van der Waals surface area contributed by atoms with E-state index in [9.17, 15) is 0 Å². The summed E-state index contributed by atoms with van der Waals surface area (Å²) in [6, 6.07) is 2.02. The summed E-state index contributed by atoms with van der Waals surface area (Å²) in [5.41, 5.74) is 6.72. The number of nitrogens with two attached hydrogens (primary N) is 1. The van der Waals surface area contributed by atoms with E-state index in [0.29, 0.717) is 4.99 Å². The van der Waals surface area contributed by atoms with Crippen molar-refractivity contribution in [1.29, 1.82) is 0 Å². The molecule has 0 saturated carbocycles. The second-order valence-electron chi connectivity index (χ2n) is 3.93. The summed E-state index contributed by atoms with van der Waals surface area (Å²) >= 11 is 4.98. The maximum Gasteiger partial charge on any atom is 0.151 e. The van der Waals surface area contributed by atoms with Crippen LogP contribution in [0.2, 0.25) is 0 Å². The third-order valence-corrected chi connectivity index (χ3v) is 2.87. The molecule has 88 valence electrons. The second kappa shape index (κ2) is 5.75. The van der Waals surface area contributed by atoms with Crippen LogP contribution in [0.1, 0.15) is 19.4 Å². The number of anilines is 1. The lowest BCUT2D eigenvalue weighted by Crippen LogP contribution is -2.34. The Morgan fingerprint density at radius 2 is 2.31 bits per heavy atom. The Labute approximate surface area is 102 Å². The van der Waals surface area contributed by atoms with Gasteiger partial charge in [-0.15, -0.1) is 5.10 Å². The van der Waals surface area contributed by atoms with E-state index >= 15 is 0 Å².